The number of hydrogen-bond donors (Lipinski definition) is 1. The van der Waals surface area contributed by atoms with Gasteiger partial charge in [0.2, 0.25) is 0 Å². The number of nitro groups is 1. The van der Waals surface area contributed by atoms with E-state index in [0.29, 0.717) is 5.11 Å². The highest BCUT2D eigenvalue weighted by Gasteiger charge is 2.17. The summed E-state index contributed by atoms with van der Waals surface area (Å²) in [4.78, 5) is 14.8. The fraction of sp³-hybridized carbons (Fsp3) is 0.562. The maximum absolute atomic E-state index is 10.9. The maximum Gasteiger partial charge on any atom is 0.269 e. The van der Waals surface area contributed by atoms with Crippen LogP contribution in [-0.2, 0) is 4.74 Å². The van der Waals surface area contributed by atoms with Crippen LogP contribution in [0.1, 0.15) is 18.5 Å². The second kappa shape index (κ2) is 8.91. The zero-order valence-electron chi connectivity index (χ0n) is 14.1. The molecule has 0 amide bonds. The molecule has 132 valence electrons. The monoisotopic (exact) mass is 352 g/mol. The maximum atomic E-state index is 10.9. The number of nitrogens with zero attached hydrogens (tertiary/aromatic N) is 3. The Hall–Kier alpha value is -1.77. The molecule has 7 nitrogen and oxygen atoms in total. The van der Waals surface area contributed by atoms with E-state index in [0.717, 1.165) is 45.0 Å². The van der Waals surface area contributed by atoms with Crippen molar-refractivity contribution in [1.29, 1.82) is 0 Å². The van der Waals surface area contributed by atoms with Crippen molar-refractivity contribution in [2.75, 3.05) is 46.4 Å². The number of non-ortho nitro benzene ring substituents is 1. The van der Waals surface area contributed by atoms with Gasteiger partial charge in [-0.2, -0.15) is 0 Å². The van der Waals surface area contributed by atoms with Crippen LogP contribution in [0.15, 0.2) is 24.3 Å². The fourth-order valence-electron chi connectivity index (χ4n) is 2.57. The number of benzene rings is 1. The molecule has 0 aliphatic carbocycles. The standard InChI is InChI=1S/C16H24N4O3S/c1-13(14-4-3-5-15(12-14)20(21)22)18(2)16(24)17-6-7-19-8-10-23-11-9-19/h3-5,12-13H,6-11H2,1-2H3,(H,17,24)/t13-/m1/s1. The summed E-state index contributed by atoms with van der Waals surface area (Å²) in [7, 11) is 1.90. The number of rotatable bonds is 6. The Bertz CT molecular complexity index is 578. The Kier molecular flexibility index (Phi) is 6.89. The van der Waals surface area contributed by atoms with Crippen LogP contribution in [0.2, 0.25) is 0 Å². The highest BCUT2D eigenvalue weighted by molar-refractivity contribution is 7.80. The molecule has 24 heavy (non-hydrogen) atoms. The van der Waals surface area contributed by atoms with Gasteiger partial charge in [-0.25, -0.2) is 0 Å². The molecule has 1 atom stereocenters. The van der Waals surface area contributed by atoms with E-state index in [2.05, 4.69) is 10.2 Å². The van der Waals surface area contributed by atoms with Crippen LogP contribution in [-0.4, -0.2) is 66.3 Å². The smallest absolute Gasteiger partial charge is 0.269 e. The summed E-state index contributed by atoms with van der Waals surface area (Å²) >= 11 is 5.44. The third-order valence-corrected chi connectivity index (χ3v) is 4.71. The molecule has 0 aromatic heterocycles. The minimum Gasteiger partial charge on any atom is -0.379 e. The van der Waals surface area contributed by atoms with Crippen molar-refractivity contribution in [3.05, 3.63) is 39.9 Å². The van der Waals surface area contributed by atoms with Crippen LogP contribution >= 0.6 is 12.2 Å². The van der Waals surface area contributed by atoms with Crippen LogP contribution in [0.25, 0.3) is 0 Å². The molecule has 1 aromatic rings. The minimum absolute atomic E-state index is 0.0479. The molecule has 0 radical (unpaired) electrons. The minimum atomic E-state index is -0.380. The van der Waals surface area contributed by atoms with Gasteiger partial charge in [-0.15, -0.1) is 0 Å². The molecule has 1 saturated heterocycles. The largest absolute Gasteiger partial charge is 0.379 e. The van der Waals surface area contributed by atoms with Crippen molar-refractivity contribution in [3.63, 3.8) is 0 Å². The van der Waals surface area contributed by atoms with E-state index < -0.39 is 0 Å². The van der Waals surface area contributed by atoms with Gasteiger partial charge in [-0.05, 0) is 24.7 Å². The van der Waals surface area contributed by atoms with E-state index in [-0.39, 0.29) is 16.7 Å². The molecule has 0 unspecified atom stereocenters. The second-order valence-electron chi connectivity index (χ2n) is 5.82. The van der Waals surface area contributed by atoms with E-state index in [1.165, 1.54) is 6.07 Å². The first-order valence-electron chi connectivity index (χ1n) is 8.04. The van der Waals surface area contributed by atoms with Crippen LogP contribution in [0, 0.1) is 10.1 Å². The predicted octanol–water partition coefficient (Wildman–Crippen LogP) is 1.79. The lowest BCUT2D eigenvalue weighted by Crippen LogP contribution is -2.44. The van der Waals surface area contributed by atoms with E-state index in [4.69, 9.17) is 17.0 Å². The van der Waals surface area contributed by atoms with Crippen molar-refractivity contribution >= 4 is 23.0 Å². The van der Waals surface area contributed by atoms with E-state index in [1.54, 1.807) is 12.1 Å². The highest BCUT2D eigenvalue weighted by atomic mass is 32.1. The molecule has 1 N–H and O–H groups in total. The topological polar surface area (TPSA) is 70.9 Å². The first kappa shape index (κ1) is 18.6. The van der Waals surface area contributed by atoms with Gasteiger partial charge in [0.25, 0.3) is 5.69 Å². The van der Waals surface area contributed by atoms with E-state index >= 15 is 0 Å². The molecule has 0 saturated carbocycles. The van der Waals surface area contributed by atoms with E-state index in [1.807, 2.05) is 24.9 Å². The fourth-order valence-corrected chi connectivity index (χ4v) is 2.83. The van der Waals surface area contributed by atoms with Crippen molar-refractivity contribution in [2.45, 2.75) is 13.0 Å². The zero-order chi connectivity index (χ0) is 17.5. The summed E-state index contributed by atoms with van der Waals surface area (Å²) in [5, 5.41) is 14.8. The third kappa shape index (κ3) is 5.12. The summed E-state index contributed by atoms with van der Waals surface area (Å²) in [5.74, 6) is 0. The van der Waals surface area contributed by atoms with Crippen LogP contribution in [0.4, 0.5) is 5.69 Å². The molecule has 1 aliphatic heterocycles. The molecular formula is C16H24N4O3S. The molecule has 1 aromatic carbocycles. The third-order valence-electron chi connectivity index (χ3n) is 4.27. The van der Waals surface area contributed by atoms with Crippen LogP contribution in [0.3, 0.4) is 0 Å². The SMILES string of the molecule is C[C@H](c1cccc([N+](=O)[O-])c1)N(C)C(=S)NCCN1CCOCC1. The summed E-state index contributed by atoms with van der Waals surface area (Å²) in [5.41, 5.74) is 0.961. The van der Waals surface area contributed by atoms with E-state index in [9.17, 15) is 10.1 Å². The lowest BCUT2D eigenvalue weighted by Gasteiger charge is -2.30. The Balaban J connectivity index is 1.85. The summed E-state index contributed by atoms with van der Waals surface area (Å²) in [6.07, 6.45) is 0. The first-order chi connectivity index (χ1) is 11.5. The number of thiocarbonyl (C=S) groups is 1. The van der Waals surface area contributed by atoms with Crippen molar-refractivity contribution in [1.82, 2.24) is 15.1 Å². The van der Waals surface area contributed by atoms with Gasteiger partial charge >= 0.3 is 0 Å². The average molecular weight is 352 g/mol. The Morgan fingerprint density at radius 2 is 2.21 bits per heavy atom. The van der Waals surface area contributed by atoms with Gasteiger partial charge in [0.1, 0.15) is 0 Å². The Morgan fingerprint density at radius 3 is 2.88 bits per heavy atom. The molecule has 8 heteroatoms. The molecule has 1 aliphatic rings. The molecule has 1 fully saturated rings. The van der Waals surface area contributed by atoms with Gasteiger partial charge in [-0.3, -0.25) is 15.0 Å². The number of morpholine rings is 1. The number of ether oxygens (including phenoxy) is 1. The highest BCUT2D eigenvalue weighted by Crippen LogP contribution is 2.22. The van der Waals surface area contributed by atoms with Crippen molar-refractivity contribution in [3.8, 4) is 0 Å². The lowest BCUT2D eigenvalue weighted by atomic mass is 10.1. The predicted molar refractivity (Wildman–Crippen MR) is 97.1 cm³/mol. The van der Waals surface area contributed by atoms with Gasteiger partial charge in [0.05, 0.1) is 24.2 Å². The Labute approximate surface area is 147 Å². The second-order valence-corrected chi connectivity index (χ2v) is 6.21. The van der Waals surface area contributed by atoms with Gasteiger partial charge < -0.3 is 15.0 Å². The molecule has 0 spiro atoms. The summed E-state index contributed by atoms with van der Waals surface area (Å²) in [6.45, 7) is 7.15. The van der Waals surface area contributed by atoms with Gasteiger partial charge in [0.15, 0.2) is 5.11 Å². The molecule has 1 heterocycles. The van der Waals surface area contributed by atoms with Crippen LogP contribution in [0.5, 0.6) is 0 Å². The number of nitrogens with one attached hydrogen (secondary N) is 1. The zero-order valence-corrected chi connectivity index (χ0v) is 14.9. The summed E-state index contributed by atoms with van der Waals surface area (Å²) in [6, 6.07) is 6.62. The van der Waals surface area contributed by atoms with Gasteiger partial charge in [-0.1, -0.05) is 12.1 Å². The van der Waals surface area contributed by atoms with Crippen LogP contribution < -0.4 is 5.32 Å². The normalized spacial score (nSPS) is 16.4. The first-order valence-corrected chi connectivity index (χ1v) is 8.45. The average Bonchev–Trinajstić information content (AvgIpc) is 2.61. The quantitative estimate of drug-likeness (QED) is 0.475. The van der Waals surface area contributed by atoms with Crippen molar-refractivity contribution in [2.24, 2.45) is 0 Å². The number of hydrogen-bond acceptors (Lipinski definition) is 5. The molecule has 2 rings (SSSR count). The molecular weight excluding hydrogens is 328 g/mol. The van der Waals surface area contributed by atoms with Crippen molar-refractivity contribution < 1.29 is 9.66 Å². The number of nitro benzene ring substituents is 1. The van der Waals surface area contributed by atoms with Gasteiger partial charge in [0, 0.05) is 45.4 Å². The molecule has 0 bridgehead atoms. The summed E-state index contributed by atoms with van der Waals surface area (Å²) < 4.78 is 5.33. The Morgan fingerprint density at radius 1 is 1.50 bits per heavy atom. The lowest BCUT2D eigenvalue weighted by molar-refractivity contribution is -0.384.